The van der Waals surface area contributed by atoms with Gasteiger partial charge in [-0.05, 0) is 303 Å². The number of fused-ring (bicyclic) bond motifs is 20. The molecule has 0 spiro atoms. The number of carboxylic acids is 2. The average molecular weight is 1990 g/mol. The molecule has 32 atom stereocenters. The third-order valence-corrected chi connectivity index (χ3v) is 32.3. The third kappa shape index (κ3) is 29.3. The molecule has 5 aromatic carbocycles. The van der Waals surface area contributed by atoms with Gasteiger partial charge in [0.15, 0.2) is 5.78 Å². The number of piperidine rings is 11. The van der Waals surface area contributed by atoms with E-state index in [-0.39, 0.29) is 138 Å². The zero-order valence-corrected chi connectivity index (χ0v) is 87.7. The van der Waals surface area contributed by atoms with Crippen molar-refractivity contribution in [3.8, 4) is 0 Å². The van der Waals surface area contributed by atoms with Crippen LogP contribution in [0.4, 0.5) is 9.59 Å². The molecule has 0 unspecified atom stereocenters. The van der Waals surface area contributed by atoms with E-state index < -0.39 is 77.1 Å². The number of aliphatic hydroxyl groups is 6. The highest BCUT2D eigenvalue weighted by molar-refractivity contribution is 6.26. The van der Waals surface area contributed by atoms with Crippen molar-refractivity contribution < 1.29 is 98.3 Å². The number of carbonyl (C=O) groups is 10. The summed E-state index contributed by atoms with van der Waals surface area (Å²) in [7, 11) is 0. The lowest BCUT2D eigenvalue weighted by atomic mass is 9.57. The van der Waals surface area contributed by atoms with Crippen LogP contribution in [-0.4, -0.2) is 251 Å². The lowest BCUT2D eigenvalue weighted by Gasteiger charge is -2.55. The van der Waals surface area contributed by atoms with Gasteiger partial charge < -0.3 is 66.7 Å². The van der Waals surface area contributed by atoms with E-state index in [4.69, 9.17) is 15.2 Å². The fraction of sp³-hybridized carbons (Fsp3) is 0.626. The van der Waals surface area contributed by atoms with Crippen LogP contribution < -0.4 is 21.7 Å². The summed E-state index contributed by atoms with van der Waals surface area (Å²) in [6, 6.07) is 50.3. The molecule has 29 heteroatoms. The first-order chi connectivity index (χ1) is 68.1. The number of ketones is 6. The monoisotopic (exact) mass is 1990 g/mol. The highest BCUT2D eigenvalue weighted by Gasteiger charge is 2.58. The third-order valence-electron chi connectivity index (χ3n) is 32.3. The second-order valence-corrected chi connectivity index (χ2v) is 44.9. The molecule has 144 heavy (non-hydrogen) atoms. The molecule has 0 aromatic heterocycles. The summed E-state index contributed by atoms with van der Waals surface area (Å²) in [5.74, 6) is 0.252. The predicted molar refractivity (Wildman–Crippen MR) is 554 cm³/mol. The van der Waals surface area contributed by atoms with Crippen molar-refractivity contribution in [3.05, 3.63) is 192 Å². The van der Waals surface area contributed by atoms with Crippen LogP contribution in [0.5, 0.6) is 0 Å². The molecule has 8 saturated carbocycles. The number of nitrogens with zero attached hydrogens (tertiary/aromatic N) is 5. The Bertz CT molecular complexity index is 5100. The Morgan fingerprint density at radius 3 is 1.33 bits per heavy atom. The van der Waals surface area contributed by atoms with Crippen molar-refractivity contribution in [1.82, 2.24) is 35.6 Å². The van der Waals surface area contributed by atoms with Crippen LogP contribution in [0.3, 0.4) is 0 Å². The molecule has 0 radical (unpaired) electrons. The maximum absolute atomic E-state index is 12.4. The molecule has 11 saturated heterocycles. The summed E-state index contributed by atoms with van der Waals surface area (Å²) in [5.41, 5.74) is 9.76. The number of carboxylic acid groups (broad SMARTS) is 2. The van der Waals surface area contributed by atoms with Crippen molar-refractivity contribution in [2.45, 2.75) is 409 Å². The van der Waals surface area contributed by atoms with Crippen LogP contribution in [0.15, 0.2) is 169 Å². The summed E-state index contributed by atoms with van der Waals surface area (Å²) in [4.78, 5) is 128. The minimum absolute atomic E-state index is 0.0113. The maximum Gasteiger partial charge on any atom is 0.411 e. The van der Waals surface area contributed by atoms with E-state index >= 15 is 0 Å². The molecule has 26 rings (SSSR count). The molecule has 12 aliphatic heterocycles. The Kier molecular flexibility index (Phi) is 41.0. The normalized spacial score (nSPS) is 33.0. The lowest BCUT2D eigenvalue weighted by Crippen LogP contribution is -2.65. The molecule has 29 nitrogen and oxygen atoms in total. The van der Waals surface area contributed by atoms with Crippen LogP contribution in [0, 0.1) is 47.3 Å². The maximum atomic E-state index is 12.4. The molecule has 13 N–H and O–H groups in total. The van der Waals surface area contributed by atoms with Crippen LogP contribution in [0.2, 0.25) is 0 Å². The fourth-order valence-corrected chi connectivity index (χ4v) is 25.4. The predicted octanol–water partition coefficient (Wildman–Crippen LogP) is 15.5. The van der Waals surface area contributed by atoms with Crippen LogP contribution in [0.1, 0.15) is 311 Å². The van der Waals surface area contributed by atoms with Crippen LogP contribution >= 0.6 is 0 Å². The number of carbonyl (C=O) groups excluding carboxylic acids is 8. The van der Waals surface area contributed by atoms with Gasteiger partial charge in [0.25, 0.3) is 0 Å². The van der Waals surface area contributed by atoms with Gasteiger partial charge in [-0.3, -0.25) is 58.7 Å². The molecule has 19 fully saturated rings. The molecular weight excluding hydrogens is 1830 g/mol. The number of rotatable bonds is 18. The highest BCUT2D eigenvalue weighted by Crippen LogP contribution is 2.51. The zero-order valence-electron chi connectivity index (χ0n) is 87.7. The Balaban J connectivity index is 0.000000156. The Hall–Kier alpha value is -9.47. The van der Waals surface area contributed by atoms with Crippen molar-refractivity contribution in [1.29, 1.82) is 0 Å². The topological polar surface area (TPSA) is 438 Å². The highest BCUT2D eigenvalue weighted by atomic mass is 16.6. The van der Waals surface area contributed by atoms with Crippen molar-refractivity contribution in [3.63, 3.8) is 0 Å². The average Bonchev–Trinajstić information content (AvgIpc) is 0.753. The van der Waals surface area contributed by atoms with Gasteiger partial charge in [0, 0.05) is 79.1 Å². The zero-order chi connectivity index (χ0) is 105. The number of Topliss-reactive ketones (excluding diaryl/α,β-unsaturated/α-hetero) is 6. The number of amides is 2. The number of benzene rings is 5. The van der Waals surface area contributed by atoms with Gasteiger partial charge in [-0.15, -0.1) is 0 Å². The number of aliphatic carboxylic acids is 2. The number of hydrogen-bond donors (Lipinski definition) is 12. The van der Waals surface area contributed by atoms with E-state index in [9.17, 15) is 88.8 Å². The van der Waals surface area contributed by atoms with E-state index in [0.29, 0.717) is 73.3 Å². The second-order valence-electron chi connectivity index (χ2n) is 44.9. The Morgan fingerprint density at radius 2 is 0.917 bits per heavy atom. The lowest BCUT2D eigenvalue weighted by molar-refractivity contribution is -0.160. The molecule has 14 bridgehead atoms. The van der Waals surface area contributed by atoms with E-state index in [1.807, 2.05) is 117 Å². The van der Waals surface area contributed by atoms with E-state index in [2.05, 4.69) is 112 Å². The molecular formula is C115H165N9O20. The number of nitrogens with two attached hydrogens (primary N) is 1. The van der Waals surface area contributed by atoms with E-state index in [1.165, 1.54) is 51.6 Å². The van der Waals surface area contributed by atoms with Gasteiger partial charge in [0.2, 0.25) is 0 Å². The summed E-state index contributed by atoms with van der Waals surface area (Å²) in [6.07, 6.45) is 20.9. The molecule has 12 heterocycles. The Morgan fingerprint density at radius 1 is 0.438 bits per heavy atom. The van der Waals surface area contributed by atoms with Crippen LogP contribution in [0.25, 0.3) is 0 Å². The summed E-state index contributed by atoms with van der Waals surface area (Å²) in [5, 5.41) is 88.5. The first-order valence-electron chi connectivity index (χ1n) is 52.7. The number of aliphatic hydroxyl groups excluding tert-OH is 6. The largest absolute Gasteiger partial charge is 0.480 e. The summed E-state index contributed by atoms with van der Waals surface area (Å²) < 4.78 is 10.6. The van der Waals surface area contributed by atoms with Gasteiger partial charge >= 0.3 is 24.1 Å². The first-order valence-corrected chi connectivity index (χ1v) is 52.7. The fourth-order valence-electron chi connectivity index (χ4n) is 25.4. The number of aliphatic imine (C=N–C) groups is 1. The minimum atomic E-state index is -1.07. The second kappa shape index (κ2) is 51.4. The minimum Gasteiger partial charge on any atom is -0.480 e. The smallest absolute Gasteiger partial charge is 0.411 e. The first kappa shape index (κ1) is 115. The molecule has 21 aliphatic rings. The number of nitrogens with one attached hydrogen (secondary N) is 3. The molecule has 790 valence electrons. The molecule has 2 amide bonds. The Labute approximate surface area is 852 Å². The van der Waals surface area contributed by atoms with Gasteiger partial charge in [-0.1, -0.05) is 164 Å². The molecule has 5 aromatic rings. The quantitative estimate of drug-likeness (QED) is 0.0286. The van der Waals surface area contributed by atoms with Gasteiger partial charge in [-0.2, -0.15) is 0 Å². The van der Waals surface area contributed by atoms with E-state index in [1.54, 1.807) is 76.2 Å². The SMILES string of the molecule is CC(=O)C=N[C@H](C)c1ccccc1.CC(=O)[C@@H]1[C@@H]2CC[C@@H]([C@@H](O)C2)N1[C@H](C)c1ccccc1.CC(=O)[C@@H]1[C@H]2C=C[C@H](CC2)N1[C@H](C)c1ccccc1.CC(=O)[C@@]1(N[C@H](C)c2ccccc2)C[C@H]2CC[C@@H]1[C@H](O)C2.CC(=O)[C@H]1N[C@H]2CC[C@@H]1C[C@@H]2O.CC(=O)[C@H]1N[C@H]2CC[C@@H]1[C@H](O)C2.CC(C)(C)OC(=O)N1[C@H](C(=O)O)[C@@H]2CC[C@H]1[C@@H](O)C2.CC(C)(C)OC(=O)N1[C@H]2CC[C@H]([C@H](O)C2)[C@H]1C(=O)O.C[C@@H](N)c1ccccc1. The van der Waals surface area contributed by atoms with E-state index in [0.717, 1.165) is 108 Å². The van der Waals surface area contributed by atoms with Gasteiger partial charge in [0.05, 0.1) is 84.6 Å². The number of ether oxygens (including phenoxy) is 2. The molecule has 9 aliphatic carbocycles. The van der Waals surface area contributed by atoms with Crippen molar-refractivity contribution in [2.24, 2.45) is 58.1 Å². The summed E-state index contributed by atoms with van der Waals surface area (Å²) in [6.45, 7) is 30.7. The van der Waals surface area contributed by atoms with Crippen LogP contribution in [-0.2, 0) is 47.8 Å². The van der Waals surface area contributed by atoms with Gasteiger partial charge in [0.1, 0.15) is 52.2 Å². The summed E-state index contributed by atoms with van der Waals surface area (Å²) >= 11 is 0. The standard InChI is InChI=1S/C18H25NO2.C17H23NO2.C17H21NO.2C13H21NO5.C11H13NO.2C9H15NO2.C8H11N/c1-12(15-6-4-3-5-7-15)19-18(13(2)20)11-14-8-9-16(18)17(21)10-14;1-11(13-6-4-3-5-7-13)18-15-9-8-14(10-16(15)20)17(18)12(2)19;1-12(14-6-4-3-5-7-14)18-16-10-8-15(9-11-16)17(18)13(2)19;1-13(2,3)19-12(18)14-7-4-5-8(9(15)6-7)10(14)11(16)17;1-13(2,3)19-12(18)14-8-5-4-7(6-9(8)15)10(14)11(16)17;1-9(13)8-12-10(2)11-6-4-3-5-7-11;1-5(11)9-7-3-2-6(10-9)4-8(7)12;1-5(11)9-6-2-3-7(10-9)8(12)4-6;1-7(9)8-5-3-2-4-6-8/h3-7,12,14,16-17,19,21H,8-11H2,1-2H3;3-7,11,14-17,20H,8-10H2,1-2H3;3-8,10,12,15-17H,9,11H2,1-2H3;2*7-10,15H,4-6H2,1-3H3,(H,16,17);3-8,10H,1-2H3;2*6-10,12H,2-4H2,1H3;2-7H,9H2,1H3/t12-,14+,16-,17-,18+;11-,14-,15+,16+,17-;12-,15+,16-,17-;7-,8+,9+,10-;7-,8+,9+,10+;10-;6-,7+,8+,9+;6-,7+,8+,9-;7-/m111011011/s1. The van der Waals surface area contributed by atoms with Crippen molar-refractivity contribution in [2.75, 3.05) is 0 Å². The van der Waals surface area contributed by atoms with Crippen molar-refractivity contribution >= 4 is 65.0 Å². The van der Waals surface area contributed by atoms with Gasteiger partial charge in [-0.25, -0.2) is 19.2 Å². The number of hydrogen-bond acceptors (Lipinski definition) is 25.